The largest absolute Gasteiger partial charge is 0.321 e. The Morgan fingerprint density at radius 1 is 1.08 bits per heavy atom. The molecule has 0 saturated carbocycles. The van der Waals surface area contributed by atoms with Crippen molar-refractivity contribution in [1.29, 1.82) is 0 Å². The van der Waals surface area contributed by atoms with Crippen molar-refractivity contribution >= 4 is 0 Å². The zero-order valence-electron chi connectivity index (χ0n) is 8.67. The van der Waals surface area contributed by atoms with Crippen LogP contribution in [0.3, 0.4) is 0 Å². The molecule has 1 radical (unpaired) electrons. The Kier molecular flexibility index (Phi) is 2.49. The van der Waals surface area contributed by atoms with Gasteiger partial charge >= 0.3 is 0 Å². The summed E-state index contributed by atoms with van der Waals surface area (Å²) in [6.07, 6.45) is 0. The highest BCUT2D eigenvalue weighted by molar-refractivity contribution is 5.27. The quantitative estimate of drug-likeness (QED) is 0.699. The molecule has 0 spiro atoms. The lowest BCUT2D eigenvalue weighted by Gasteiger charge is -2.38. The molecule has 1 aromatic carbocycles. The number of rotatable bonds is 1. The number of hydrogen-bond acceptors (Lipinski definition) is 1. The van der Waals surface area contributed by atoms with Crippen LogP contribution in [0.15, 0.2) is 30.3 Å². The average Bonchev–Trinajstić information content (AvgIpc) is 2.04. The van der Waals surface area contributed by atoms with Gasteiger partial charge in [0.05, 0.1) is 0 Å². The normalized spacial score (nSPS) is 16.7. The second-order valence-corrected chi connectivity index (χ2v) is 4.59. The fourth-order valence-electron chi connectivity index (χ4n) is 1.17. The maximum atomic E-state index is 6.20. The minimum atomic E-state index is -0.520. The molecule has 0 aliphatic rings. The summed E-state index contributed by atoms with van der Waals surface area (Å²) in [6.45, 7) is 10.4. The van der Waals surface area contributed by atoms with Crippen LogP contribution in [-0.4, -0.2) is 0 Å². The molecule has 1 nitrogen and oxygen atoms in total. The predicted molar refractivity (Wildman–Crippen MR) is 57.1 cm³/mol. The Hall–Kier alpha value is -0.820. The molecule has 0 amide bonds. The molecule has 1 aromatic rings. The smallest absolute Gasteiger partial charge is 0.0459 e. The van der Waals surface area contributed by atoms with Crippen molar-refractivity contribution in [2.75, 3.05) is 0 Å². The third-order valence-electron chi connectivity index (χ3n) is 2.63. The fraction of sp³-hybridized carbons (Fsp3) is 0.417. The second kappa shape index (κ2) is 3.15. The monoisotopic (exact) mass is 176 g/mol. The summed E-state index contributed by atoms with van der Waals surface area (Å²) in [5, 5.41) is 0. The van der Waals surface area contributed by atoms with Gasteiger partial charge in [-0.25, -0.2) is 0 Å². The first-order valence-electron chi connectivity index (χ1n) is 4.55. The molecule has 0 aliphatic heterocycles. The van der Waals surface area contributed by atoms with Gasteiger partial charge in [0.15, 0.2) is 0 Å². The van der Waals surface area contributed by atoms with Crippen molar-refractivity contribution < 1.29 is 0 Å². The molecule has 0 heterocycles. The molecule has 1 rings (SSSR count). The Morgan fingerprint density at radius 3 is 1.92 bits per heavy atom. The van der Waals surface area contributed by atoms with Crippen LogP contribution >= 0.6 is 0 Å². The Balaban J connectivity index is 3.08. The molecule has 2 N–H and O–H groups in total. The maximum Gasteiger partial charge on any atom is 0.0459 e. The van der Waals surface area contributed by atoms with E-state index in [1.54, 1.807) is 0 Å². The summed E-state index contributed by atoms with van der Waals surface area (Å²) in [7, 11) is 0. The van der Waals surface area contributed by atoms with E-state index in [9.17, 15) is 0 Å². The highest BCUT2D eigenvalue weighted by Gasteiger charge is 2.34. The first kappa shape index (κ1) is 10.3. The van der Waals surface area contributed by atoms with Gasteiger partial charge in [-0.15, -0.1) is 0 Å². The summed E-state index contributed by atoms with van der Waals surface area (Å²) in [5.74, 6) is 0. The number of hydrogen-bond donors (Lipinski definition) is 1. The van der Waals surface area contributed by atoms with Crippen LogP contribution < -0.4 is 5.73 Å². The van der Waals surface area contributed by atoms with E-state index in [1.807, 2.05) is 30.3 Å². The van der Waals surface area contributed by atoms with Gasteiger partial charge in [0.1, 0.15) is 0 Å². The lowest BCUT2D eigenvalue weighted by atomic mass is 9.71. The van der Waals surface area contributed by atoms with E-state index in [0.29, 0.717) is 0 Å². The zero-order chi connectivity index (χ0) is 10.1. The van der Waals surface area contributed by atoms with Crippen molar-refractivity contribution in [2.45, 2.75) is 26.3 Å². The lowest BCUT2D eigenvalue weighted by molar-refractivity contribution is 0.241. The van der Waals surface area contributed by atoms with Crippen LogP contribution in [0, 0.1) is 12.3 Å². The van der Waals surface area contributed by atoms with E-state index in [4.69, 9.17) is 5.73 Å². The first-order chi connectivity index (χ1) is 5.86. The molecule has 13 heavy (non-hydrogen) atoms. The molecule has 0 saturated heterocycles. The van der Waals surface area contributed by atoms with E-state index >= 15 is 0 Å². The highest BCUT2D eigenvalue weighted by Crippen LogP contribution is 2.35. The van der Waals surface area contributed by atoms with Gasteiger partial charge < -0.3 is 5.73 Å². The molecule has 0 aromatic heterocycles. The molecule has 1 atom stereocenters. The van der Waals surface area contributed by atoms with Crippen LogP contribution in [0.4, 0.5) is 0 Å². The van der Waals surface area contributed by atoms with E-state index < -0.39 is 5.54 Å². The van der Waals surface area contributed by atoms with Crippen molar-refractivity contribution in [3.05, 3.63) is 42.8 Å². The molecule has 0 fully saturated rings. The molecular weight excluding hydrogens is 158 g/mol. The predicted octanol–water partition coefficient (Wildman–Crippen LogP) is 2.72. The van der Waals surface area contributed by atoms with Gasteiger partial charge in [-0.2, -0.15) is 0 Å². The maximum absolute atomic E-state index is 6.20. The van der Waals surface area contributed by atoms with Crippen LogP contribution in [0.1, 0.15) is 26.3 Å². The van der Waals surface area contributed by atoms with Crippen molar-refractivity contribution in [1.82, 2.24) is 0 Å². The second-order valence-electron chi connectivity index (χ2n) is 4.59. The first-order valence-corrected chi connectivity index (χ1v) is 4.55. The van der Waals surface area contributed by atoms with Gasteiger partial charge in [-0.1, -0.05) is 51.1 Å². The van der Waals surface area contributed by atoms with Crippen molar-refractivity contribution in [2.24, 2.45) is 11.1 Å². The third-order valence-corrected chi connectivity index (χ3v) is 2.63. The van der Waals surface area contributed by atoms with Gasteiger partial charge in [-0.3, -0.25) is 0 Å². The molecule has 0 aliphatic carbocycles. The summed E-state index contributed by atoms with van der Waals surface area (Å²) in [6, 6.07) is 10.0. The standard InChI is InChI=1S/C12H18N/c1-11(2,3)12(4,13)10-8-6-5-7-9-10/h5-9H,4,13H2,1-3H3. The highest BCUT2D eigenvalue weighted by atomic mass is 14.8. The Morgan fingerprint density at radius 2 is 1.54 bits per heavy atom. The molecule has 0 bridgehead atoms. The lowest BCUT2D eigenvalue weighted by Crippen LogP contribution is -2.45. The summed E-state index contributed by atoms with van der Waals surface area (Å²) >= 11 is 0. The van der Waals surface area contributed by atoms with Crippen LogP contribution in [0.25, 0.3) is 0 Å². The average molecular weight is 176 g/mol. The van der Waals surface area contributed by atoms with Crippen LogP contribution in [0.2, 0.25) is 0 Å². The van der Waals surface area contributed by atoms with Crippen molar-refractivity contribution in [3.63, 3.8) is 0 Å². The van der Waals surface area contributed by atoms with E-state index in [1.165, 1.54) is 0 Å². The Bertz CT molecular complexity index is 267. The van der Waals surface area contributed by atoms with Crippen LogP contribution in [-0.2, 0) is 5.54 Å². The summed E-state index contributed by atoms with van der Waals surface area (Å²) < 4.78 is 0. The summed E-state index contributed by atoms with van der Waals surface area (Å²) in [5.41, 5.74) is 6.74. The van der Waals surface area contributed by atoms with Gasteiger partial charge in [-0.05, 0) is 17.9 Å². The number of benzene rings is 1. The van der Waals surface area contributed by atoms with E-state index in [-0.39, 0.29) is 5.41 Å². The van der Waals surface area contributed by atoms with Crippen molar-refractivity contribution in [3.8, 4) is 0 Å². The molecule has 71 valence electrons. The van der Waals surface area contributed by atoms with E-state index in [0.717, 1.165) is 5.56 Å². The topological polar surface area (TPSA) is 26.0 Å². The minimum absolute atomic E-state index is 0.0334. The van der Waals surface area contributed by atoms with Gasteiger partial charge in [0.2, 0.25) is 0 Å². The number of nitrogens with two attached hydrogens (primary N) is 1. The molecule has 1 heteroatoms. The third kappa shape index (κ3) is 1.92. The SMILES string of the molecule is [CH2]C(N)(c1ccccc1)C(C)(C)C. The molecule has 1 unspecified atom stereocenters. The van der Waals surface area contributed by atoms with E-state index in [2.05, 4.69) is 27.7 Å². The van der Waals surface area contributed by atoms with Gasteiger partial charge in [0.25, 0.3) is 0 Å². The summed E-state index contributed by atoms with van der Waals surface area (Å²) in [4.78, 5) is 0. The zero-order valence-corrected chi connectivity index (χ0v) is 8.67. The minimum Gasteiger partial charge on any atom is -0.321 e. The molecular formula is C12H18N. The van der Waals surface area contributed by atoms with Crippen LogP contribution in [0.5, 0.6) is 0 Å². The fourth-order valence-corrected chi connectivity index (χ4v) is 1.17. The van der Waals surface area contributed by atoms with Gasteiger partial charge in [0, 0.05) is 5.54 Å². The Labute approximate surface area is 81.0 Å².